The zero-order valence-corrected chi connectivity index (χ0v) is 18.2. The lowest BCUT2D eigenvalue weighted by Crippen LogP contribution is -2.33. The second kappa shape index (κ2) is 8.02. The van der Waals surface area contributed by atoms with Crippen molar-refractivity contribution >= 4 is 34.9 Å². The molecule has 1 saturated heterocycles. The molecule has 1 aliphatic heterocycles. The van der Waals surface area contributed by atoms with Crippen LogP contribution in [0.1, 0.15) is 34.1 Å². The van der Waals surface area contributed by atoms with E-state index in [0.717, 1.165) is 12.0 Å². The minimum atomic E-state index is -0.783. The second-order valence-corrected chi connectivity index (χ2v) is 8.83. The molecule has 2 fully saturated rings. The van der Waals surface area contributed by atoms with Gasteiger partial charge in [0.2, 0.25) is 11.8 Å². The van der Waals surface area contributed by atoms with Crippen molar-refractivity contribution in [2.45, 2.75) is 13.3 Å². The number of allylic oxidation sites excluding steroid dienone is 2. The maximum Gasteiger partial charge on any atom is 0.338 e. The van der Waals surface area contributed by atoms with Crippen molar-refractivity contribution in [1.29, 1.82) is 0 Å². The van der Waals surface area contributed by atoms with E-state index in [1.54, 1.807) is 12.1 Å². The van der Waals surface area contributed by atoms with Crippen LogP contribution in [0.2, 0.25) is 0 Å². The standard InChI is InChI=1S/C25H20N2O7/c1-13-9-16-11-19(13)22-21(16)23(29)26(24(22)30)18-4-2-3-15(10-18)25(31)34-12-20(28)14-5-7-17(8-6-14)27(32)33/h2-10,16,19,21-22H,11-12H2,1H3/t16-,19+,21-,22-/m0/s1. The highest BCUT2D eigenvalue weighted by molar-refractivity contribution is 6.23. The summed E-state index contributed by atoms with van der Waals surface area (Å²) < 4.78 is 5.11. The molecule has 2 aromatic rings. The molecular weight excluding hydrogens is 440 g/mol. The molecule has 2 aliphatic carbocycles. The highest BCUT2D eigenvalue weighted by atomic mass is 16.6. The Hall–Kier alpha value is -4.14. The molecule has 34 heavy (non-hydrogen) atoms. The molecule has 2 bridgehead atoms. The van der Waals surface area contributed by atoms with Gasteiger partial charge in [-0.25, -0.2) is 9.69 Å². The molecule has 1 heterocycles. The highest BCUT2D eigenvalue weighted by Crippen LogP contribution is 2.55. The Kier molecular flexibility index (Phi) is 5.11. The van der Waals surface area contributed by atoms with Crippen molar-refractivity contribution < 1.29 is 28.8 Å². The zero-order chi connectivity index (χ0) is 24.1. The first-order valence-electron chi connectivity index (χ1n) is 10.9. The average molecular weight is 460 g/mol. The third-order valence-electron chi connectivity index (χ3n) is 6.96. The number of Topliss-reactive ketones (excluding diaryl/α,β-unsaturated/α-hetero) is 1. The fourth-order valence-electron chi connectivity index (χ4n) is 5.37. The first-order valence-corrected chi connectivity index (χ1v) is 10.9. The van der Waals surface area contributed by atoms with Crippen molar-refractivity contribution in [3.63, 3.8) is 0 Å². The number of nitrogens with zero attached hydrogens (tertiary/aromatic N) is 2. The Balaban J connectivity index is 1.28. The number of anilines is 1. The number of non-ortho nitro benzene ring substituents is 1. The Labute approximate surface area is 194 Å². The molecule has 1 saturated carbocycles. The summed E-state index contributed by atoms with van der Waals surface area (Å²) in [6.45, 7) is 1.44. The number of hydrogen-bond donors (Lipinski definition) is 0. The fourth-order valence-corrected chi connectivity index (χ4v) is 5.37. The molecule has 0 unspecified atom stereocenters. The molecule has 2 aromatic carbocycles. The largest absolute Gasteiger partial charge is 0.454 e. The van der Waals surface area contributed by atoms with Crippen LogP contribution in [-0.2, 0) is 14.3 Å². The van der Waals surface area contributed by atoms with Gasteiger partial charge in [-0.2, -0.15) is 0 Å². The van der Waals surface area contributed by atoms with Gasteiger partial charge in [0, 0.05) is 17.7 Å². The van der Waals surface area contributed by atoms with Gasteiger partial charge in [-0.1, -0.05) is 17.7 Å². The molecule has 0 aromatic heterocycles. The molecule has 0 spiro atoms. The molecule has 4 atom stereocenters. The summed E-state index contributed by atoms with van der Waals surface area (Å²) in [6.07, 6.45) is 2.93. The summed E-state index contributed by atoms with van der Waals surface area (Å²) in [4.78, 5) is 62.4. The van der Waals surface area contributed by atoms with Crippen molar-refractivity contribution in [2.75, 3.05) is 11.5 Å². The maximum absolute atomic E-state index is 13.1. The summed E-state index contributed by atoms with van der Waals surface area (Å²) in [5.74, 6) is -2.32. The number of esters is 1. The SMILES string of the molecule is CC1=C[C@H]2C[C@H]1[C@@H]1C(=O)N(c3cccc(C(=O)OCC(=O)c4ccc([N+](=O)[O-])cc4)c3)C(=O)[C@H]12. The number of nitro benzene ring substituents is 1. The van der Waals surface area contributed by atoms with Gasteiger partial charge in [0.25, 0.3) is 5.69 Å². The summed E-state index contributed by atoms with van der Waals surface area (Å²) in [5.41, 5.74) is 1.58. The molecule has 0 radical (unpaired) electrons. The van der Waals surface area contributed by atoms with Crippen LogP contribution in [0.3, 0.4) is 0 Å². The summed E-state index contributed by atoms with van der Waals surface area (Å²) in [7, 11) is 0. The predicted molar refractivity (Wildman–Crippen MR) is 119 cm³/mol. The van der Waals surface area contributed by atoms with E-state index in [0.29, 0.717) is 5.69 Å². The van der Waals surface area contributed by atoms with Gasteiger partial charge in [0.1, 0.15) is 0 Å². The number of carbonyl (C=O) groups excluding carboxylic acids is 4. The van der Waals surface area contributed by atoms with Gasteiger partial charge in [-0.15, -0.1) is 0 Å². The van der Waals surface area contributed by atoms with E-state index in [-0.39, 0.29) is 52.3 Å². The normalized spacial score (nSPS) is 24.7. The van der Waals surface area contributed by atoms with Crippen LogP contribution in [-0.4, -0.2) is 35.1 Å². The van der Waals surface area contributed by atoms with Crippen LogP contribution < -0.4 is 4.90 Å². The monoisotopic (exact) mass is 460 g/mol. The molecule has 2 amide bonds. The number of rotatable bonds is 6. The molecule has 9 nitrogen and oxygen atoms in total. The number of ether oxygens (including phenoxy) is 1. The van der Waals surface area contributed by atoms with E-state index >= 15 is 0 Å². The van der Waals surface area contributed by atoms with Crippen molar-refractivity contribution in [1.82, 2.24) is 0 Å². The zero-order valence-electron chi connectivity index (χ0n) is 18.2. The summed E-state index contributed by atoms with van der Waals surface area (Å²) in [6, 6.07) is 11.0. The Morgan fingerprint density at radius 3 is 2.47 bits per heavy atom. The van der Waals surface area contributed by atoms with Crippen molar-refractivity contribution in [2.24, 2.45) is 23.7 Å². The van der Waals surface area contributed by atoms with Gasteiger partial charge < -0.3 is 4.74 Å². The predicted octanol–water partition coefficient (Wildman–Crippen LogP) is 3.34. The lowest BCUT2D eigenvalue weighted by molar-refractivity contribution is -0.384. The molecular formula is C25H20N2O7. The molecule has 3 aliphatic rings. The van der Waals surface area contributed by atoms with Crippen LogP contribution in [0, 0.1) is 33.8 Å². The third-order valence-corrected chi connectivity index (χ3v) is 6.96. The van der Waals surface area contributed by atoms with Crippen molar-refractivity contribution in [3.05, 3.63) is 81.4 Å². The highest BCUT2D eigenvalue weighted by Gasteiger charge is 2.60. The Morgan fingerprint density at radius 1 is 1.06 bits per heavy atom. The van der Waals surface area contributed by atoms with Crippen LogP contribution in [0.5, 0.6) is 0 Å². The number of amides is 2. The summed E-state index contributed by atoms with van der Waals surface area (Å²) >= 11 is 0. The lowest BCUT2D eigenvalue weighted by Gasteiger charge is -2.19. The van der Waals surface area contributed by atoms with E-state index in [1.165, 1.54) is 41.3 Å². The number of fused-ring (bicyclic) bond motifs is 5. The van der Waals surface area contributed by atoms with Gasteiger partial charge in [0.05, 0.1) is 28.0 Å². The van der Waals surface area contributed by atoms with Crippen LogP contribution in [0.25, 0.3) is 0 Å². The van der Waals surface area contributed by atoms with Crippen LogP contribution in [0.15, 0.2) is 60.2 Å². The van der Waals surface area contributed by atoms with E-state index in [2.05, 4.69) is 6.08 Å². The van der Waals surface area contributed by atoms with E-state index in [1.807, 2.05) is 6.92 Å². The summed E-state index contributed by atoms with van der Waals surface area (Å²) in [5, 5.41) is 10.7. The molecule has 5 rings (SSSR count). The Bertz CT molecular complexity index is 1280. The van der Waals surface area contributed by atoms with Gasteiger partial charge in [-0.05, 0) is 55.5 Å². The first-order chi connectivity index (χ1) is 16.3. The number of imide groups is 1. The van der Waals surface area contributed by atoms with Crippen molar-refractivity contribution in [3.8, 4) is 0 Å². The average Bonchev–Trinajstić information content (AvgIpc) is 3.47. The van der Waals surface area contributed by atoms with E-state index in [4.69, 9.17) is 4.74 Å². The minimum Gasteiger partial charge on any atom is -0.454 e. The van der Waals surface area contributed by atoms with Crippen LogP contribution >= 0.6 is 0 Å². The maximum atomic E-state index is 13.1. The second-order valence-electron chi connectivity index (χ2n) is 8.83. The third kappa shape index (κ3) is 3.40. The molecule has 172 valence electrons. The number of carbonyl (C=O) groups is 4. The number of ketones is 1. The smallest absolute Gasteiger partial charge is 0.338 e. The van der Waals surface area contributed by atoms with Gasteiger partial charge in [0.15, 0.2) is 12.4 Å². The lowest BCUT2D eigenvalue weighted by atomic mass is 9.82. The Morgan fingerprint density at radius 2 is 1.76 bits per heavy atom. The first kappa shape index (κ1) is 21.7. The van der Waals surface area contributed by atoms with E-state index < -0.39 is 23.3 Å². The topological polar surface area (TPSA) is 124 Å². The fraction of sp³-hybridized carbons (Fsp3) is 0.280. The number of nitro groups is 1. The quantitative estimate of drug-likeness (QED) is 0.162. The number of benzene rings is 2. The minimum absolute atomic E-state index is 0.0787. The molecule has 9 heteroatoms. The van der Waals surface area contributed by atoms with Gasteiger partial charge in [-0.3, -0.25) is 24.5 Å². The number of hydrogen-bond acceptors (Lipinski definition) is 7. The van der Waals surface area contributed by atoms with E-state index in [9.17, 15) is 29.3 Å². The van der Waals surface area contributed by atoms with Crippen LogP contribution in [0.4, 0.5) is 11.4 Å². The van der Waals surface area contributed by atoms with Gasteiger partial charge >= 0.3 is 5.97 Å². The molecule has 0 N–H and O–H groups in total.